The molecule has 1 saturated heterocycles. The third-order valence-corrected chi connectivity index (χ3v) is 4.20. The van der Waals surface area contributed by atoms with Gasteiger partial charge in [-0.25, -0.2) is 0 Å². The highest BCUT2D eigenvalue weighted by molar-refractivity contribution is 8.00. The lowest BCUT2D eigenvalue weighted by atomic mass is 10.3. The van der Waals surface area contributed by atoms with E-state index in [2.05, 4.69) is 0 Å². The van der Waals surface area contributed by atoms with E-state index in [1.165, 1.54) is 11.8 Å². The smallest absolute Gasteiger partial charge is 0.233 e. The average Bonchev–Trinajstić information content (AvgIpc) is 2.74. The first-order valence-corrected chi connectivity index (χ1v) is 6.86. The van der Waals surface area contributed by atoms with Crippen molar-refractivity contribution >= 4 is 29.3 Å². The molecule has 1 unspecified atom stereocenters. The topological polar surface area (TPSA) is 40.5 Å². The van der Waals surface area contributed by atoms with Gasteiger partial charge in [0.15, 0.2) is 0 Å². The second kappa shape index (κ2) is 5.76. The second-order valence-electron chi connectivity index (χ2n) is 4.00. The quantitative estimate of drug-likeness (QED) is 0.855. The van der Waals surface area contributed by atoms with E-state index >= 15 is 0 Å². The van der Waals surface area contributed by atoms with Gasteiger partial charge in [-0.2, -0.15) is 0 Å². The van der Waals surface area contributed by atoms with Crippen LogP contribution in [0, 0.1) is 0 Å². The van der Waals surface area contributed by atoms with Crippen LogP contribution in [-0.2, 0) is 4.79 Å². The van der Waals surface area contributed by atoms with Crippen LogP contribution in [0.4, 0.5) is 0 Å². The minimum atomic E-state index is -0.357. The molecule has 1 aliphatic rings. The highest BCUT2D eigenvalue weighted by Gasteiger charge is 2.24. The fourth-order valence-electron chi connectivity index (χ4n) is 1.76. The summed E-state index contributed by atoms with van der Waals surface area (Å²) in [4.78, 5) is 14.4. The highest BCUT2D eigenvalue weighted by Crippen LogP contribution is 2.27. The van der Waals surface area contributed by atoms with E-state index in [1.54, 1.807) is 4.90 Å². The van der Waals surface area contributed by atoms with Crippen LogP contribution in [-0.4, -0.2) is 40.9 Å². The van der Waals surface area contributed by atoms with Crippen molar-refractivity contribution in [2.45, 2.75) is 17.4 Å². The number of carbonyl (C=O) groups is 1. The predicted molar refractivity (Wildman–Crippen MR) is 69.4 cm³/mol. The van der Waals surface area contributed by atoms with E-state index in [-0.39, 0.29) is 12.0 Å². The molecule has 0 aromatic heterocycles. The maximum atomic E-state index is 11.8. The molecule has 1 fully saturated rings. The molecule has 1 aromatic carbocycles. The zero-order valence-corrected chi connectivity index (χ0v) is 10.9. The van der Waals surface area contributed by atoms with E-state index in [1.807, 2.05) is 24.3 Å². The molecule has 1 amide bonds. The van der Waals surface area contributed by atoms with E-state index in [4.69, 9.17) is 11.6 Å². The van der Waals surface area contributed by atoms with Crippen molar-refractivity contribution in [3.05, 3.63) is 29.3 Å². The van der Waals surface area contributed by atoms with Crippen LogP contribution >= 0.6 is 23.4 Å². The second-order valence-corrected chi connectivity index (χ2v) is 5.43. The Kier molecular flexibility index (Phi) is 4.31. The van der Waals surface area contributed by atoms with E-state index in [0.717, 1.165) is 4.90 Å². The summed E-state index contributed by atoms with van der Waals surface area (Å²) < 4.78 is 0. The SMILES string of the molecule is O=C(CSc1ccccc1Cl)N1CCC(O)C1. The number of thioether (sulfide) groups is 1. The number of rotatable bonds is 3. The maximum absolute atomic E-state index is 11.8. The van der Waals surface area contributed by atoms with Crippen LogP contribution < -0.4 is 0 Å². The lowest BCUT2D eigenvalue weighted by Gasteiger charge is -2.15. The highest BCUT2D eigenvalue weighted by atomic mass is 35.5. The lowest BCUT2D eigenvalue weighted by molar-refractivity contribution is -0.127. The molecule has 1 heterocycles. The van der Waals surface area contributed by atoms with Gasteiger partial charge in [-0.1, -0.05) is 23.7 Å². The van der Waals surface area contributed by atoms with Crippen molar-refractivity contribution in [2.75, 3.05) is 18.8 Å². The zero-order valence-electron chi connectivity index (χ0n) is 9.30. The minimum Gasteiger partial charge on any atom is -0.391 e. The van der Waals surface area contributed by atoms with Crippen molar-refractivity contribution in [2.24, 2.45) is 0 Å². The lowest BCUT2D eigenvalue weighted by Crippen LogP contribution is -2.30. The molecule has 1 atom stereocenters. The average molecular weight is 272 g/mol. The van der Waals surface area contributed by atoms with Gasteiger partial charge in [0.2, 0.25) is 5.91 Å². The first-order valence-electron chi connectivity index (χ1n) is 5.50. The number of aliphatic hydroxyl groups excluding tert-OH is 1. The fourth-order valence-corrected chi connectivity index (χ4v) is 2.90. The van der Waals surface area contributed by atoms with E-state index in [9.17, 15) is 9.90 Å². The largest absolute Gasteiger partial charge is 0.391 e. The number of benzene rings is 1. The monoisotopic (exact) mass is 271 g/mol. The van der Waals surface area contributed by atoms with Crippen LogP contribution in [0.3, 0.4) is 0 Å². The molecule has 1 aliphatic heterocycles. The molecule has 0 saturated carbocycles. The Balaban J connectivity index is 1.86. The third kappa shape index (κ3) is 3.37. The van der Waals surface area contributed by atoms with Gasteiger partial charge in [-0.05, 0) is 18.6 Å². The van der Waals surface area contributed by atoms with Gasteiger partial charge in [-0.3, -0.25) is 4.79 Å². The predicted octanol–water partition coefficient (Wildman–Crippen LogP) is 2.03. The summed E-state index contributed by atoms with van der Waals surface area (Å²) in [7, 11) is 0. The minimum absolute atomic E-state index is 0.0615. The van der Waals surface area contributed by atoms with Crippen molar-refractivity contribution in [1.82, 2.24) is 4.90 Å². The molecular weight excluding hydrogens is 258 g/mol. The van der Waals surface area contributed by atoms with Gasteiger partial charge in [0.1, 0.15) is 0 Å². The zero-order chi connectivity index (χ0) is 12.3. The summed E-state index contributed by atoms with van der Waals surface area (Å²) >= 11 is 7.44. The summed E-state index contributed by atoms with van der Waals surface area (Å²) in [5.74, 6) is 0.433. The van der Waals surface area contributed by atoms with Crippen molar-refractivity contribution < 1.29 is 9.90 Å². The van der Waals surface area contributed by atoms with Crippen molar-refractivity contribution in [1.29, 1.82) is 0 Å². The fraction of sp³-hybridized carbons (Fsp3) is 0.417. The van der Waals surface area contributed by atoms with E-state index in [0.29, 0.717) is 30.3 Å². The number of likely N-dealkylation sites (tertiary alicyclic amines) is 1. The van der Waals surface area contributed by atoms with Crippen molar-refractivity contribution in [3.8, 4) is 0 Å². The van der Waals surface area contributed by atoms with Crippen LogP contribution in [0.25, 0.3) is 0 Å². The van der Waals surface area contributed by atoms with Crippen LogP contribution in [0.2, 0.25) is 5.02 Å². The molecule has 17 heavy (non-hydrogen) atoms. The third-order valence-electron chi connectivity index (χ3n) is 2.70. The number of hydrogen-bond donors (Lipinski definition) is 1. The van der Waals surface area contributed by atoms with E-state index < -0.39 is 0 Å². The Labute approximate surface area is 110 Å². The molecule has 92 valence electrons. The summed E-state index contributed by atoms with van der Waals surface area (Å²) in [5.41, 5.74) is 0. The Hall–Kier alpha value is -0.710. The number of aliphatic hydroxyl groups is 1. The van der Waals surface area contributed by atoms with Gasteiger partial charge < -0.3 is 10.0 Å². The number of amides is 1. The Morgan fingerprint density at radius 3 is 2.94 bits per heavy atom. The van der Waals surface area contributed by atoms with Gasteiger partial charge in [-0.15, -0.1) is 11.8 Å². The molecule has 0 radical (unpaired) electrons. The Morgan fingerprint density at radius 2 is 2.29 bits per heavy atom. The van der Waals surface area contributed by atoms with Gasteiger partial charge in [0.05, 0.1) is 16.9 Å². The molecule has 0 aliphatic carbocycles. The van der Waals surface area contributed by atoms with Gasteiger partial charge >= 0.3 is 0 Å². The molecular formula is C12H14ClNO2S. The Morgan fingerprint density at radius 1 is 1.53 bits per heavy atom. The molecule has 3 nitrogen and oxygen atoms in total. The summed E-state index contributed by atoms with van der Waals surface area (Å²) in [6.45, 7) is 1.12. The molecule has 0 bridgehead atoms. The number of nitrogens with zero attached hydrogens (tertiary/aromatic N) is 1. The first-order chi connectivity index (χ1) is 8.16. The number of halogens is 1. The Bertz CT molecular complexity index is 413. The van der Waals surface area contributed by atoms with Crippen LogP contribution in [0.1, 0.15) is 6.42 Å². The molecule has 0 spiro atoms. The number of β-amino-alcohol motifs (C(OH)–C–C–N with tert-alkyl or cyclic N) is 1. The maximum Gasteiger partial charge on any atom is 0.233 e. The van der Waals surface area contributed by atoms with Crippen LogP contribution in [0.15, 0.2) is 29.2 Å². The molecule has 2 rings (SSSR count). The summed E-state index contributed by atoms with van der Waals surface area (Å²) in [6.07, 6.45) is 0.326. The van der Waals surface area contributed by atoms with Gasteiger partial charge in [0, 0.05) is 18.0 Å². The van der Waals surface area contributed by atoms with Crippen molar-refractivity contribution in [3.63, 3.8) is 0 Å². The molecule has 1 aromatic rings. The van der Waals surface area contributed by atoms with Crippen LogP contribution in [0.5, 0.6) is 0 Å². The van der Waals surface area contributed by atoms with Gasteiger partial charge in [0.25, 0.3) is 0 Å². The molecule has 1 N–H and O–H groups in total. The first kappa shape index (κ1) is 12.7. The normalized spacial score (nSPS) is 19.6. The standard InChI is InChI=1S/C12H14ClNO2S/c13-10-3-1-2-4-11(10)17-8-12(16)14-6-5-9(15)7-14/h1-4,9,15H,5-8H2. The number of carbonyl (C=O) groups excluding carboxylic acids is 1. The summed E-state index contributed by atoms with van der Waals surface area (Å²) in [5, 5.41) is 10.0. The molecule has 5 heteroatoms. The summed E-state index contributed by atoms with van der Waals surface area (Å²) in [6, 6.07) is 7.48. The number of hydrogen-bond acceptors (Lipinski definition) is 3.